The number of hydrogen-bond acceptors (Lipinski definition) is 6. The Labute approximate surface area is 234 Å². The van der Waals surface area contributed by atoms with Crippen LogP contribution in [-0.4, -0.2) is 22.2 Å². The number of hydrazine groups is 1. The van der Waals surface area contributed by atoms with Gasteiger partial charge in [-0.3, -0.25) is 5.01 Å². The number of aryl methyl sites for hydroxylation is 1. The number of alkyl halides is 6. The number of nitrogens with two attached hydrogens (primary N) is 2. The summed E-state index contributed by atoms with van der Waals surface area (Å²) in [4.78, 5) is 4.56. The number of benzene rings is 3. The second-order valence-electron chi connectivity index (χ2n) is 8.59. The van der Waals surface area contributed by atoms with Crippen LogP contribution in [0.1, 0.15) is 17.1 Å². The van der Waals surface area contributed by atoms with Crippen LogP contribution in [0.15, 0.2) is 78.0 Å². The molecule has 4 aromatic rings. The van der Waals surface area contributed by atoms with Gasteiger partial charge in [0.1, 0.15) is 17.4 Å². The van der Waals surface area contributed by atoms with Crippen molar-refractivity contribution in [3.63, 3.8) is 0 Å². The number of anilines is 1. The Kier molecular flexibility index (Phi) is 8.27. The minimum Gasteiger partial charge on any atom is -0.406 e. The fourth-order valence-corrected chi connectivity index (χ4v) is 4.55. The van der Waals surface area contributed by atoms with Crippen LogP contribution in [0.5, 0.6) is 5.75 Å². The van der Waals surface area contributed by atoms with Crippen molar-refractivity contribution in [1.29, 1.82) is 0 Å². The Morgan fingerprint density at radius 3 is 2.29 bits per heavy atom. The van der Waals surface area contributed by atoms with Crippen LogP contribution in [0.4, 0.5) is 36.4 Å². The van der Waals surface area contributed by atoms with Gasteiger partial charge in [-0.1, -0.05) is 18.2 Å². The zero-order valence-corrected chi connectivity index (χ0v) is 22.2. The Morgan fingerprint density at radius 2 is 1.71 bits per heavy atom. The van der Waals surface area contributed by atoms with Crippen molar-refractivity contribution in [2.75, 3.05) is 11.3 Å². The lowest BCUT2D eigenvalue weighted by molar-refractivity contribution is -0.274. The van der Waals surface area contributed by atoms with E-state index in [1.807, 2.05) is 30.5 Å². The summed E-state index contributed by atoms with van der Waals surface area (Å²) in [6, 6.07) is 14.6. The number of rotatable bonds is 7. The van der Waals surface area contributed by atoms with Crippen LogP contribution in [0, 0.1) is 12.7 Å². The molecule has 0 bridgehead atoms. The Balaban J connectivity index is 1.87. The Morgan fingerprint density at radius 1 is 1.00 bits per heavy atom. The lowest BCUT2D eigenvalue weighted by Crippen LogP contribution is -2.31. The number of imidazole rings is 1. The van der Waals surface area contributed by atoms with Crippen molar-refractivity contribution in [2.45, 2.75) is 24.4 Å². The molecule has 4 rings (SSSR count). The summed E-state index contributed by atoms with van der Waals surface area (Å²) < 4.78 is 98.1. The zero-order chi connectivity index (χ0) is 30.1. The lowest BCUT2D eigenvalue weighted by Gasteiger charge is -2.26. The molecule has 0 atom stereocenters. The van der Waals surface area contributed by atoms with Crippen molar-refractivity contribution in [3.05, 3.63) is 96.0 Å². The van der Waals surface area contributed by atoms with E-state index < -0.39 is 29.8 Å². The molecule has 0 saturated carbocycles. The third-order valence-electron chi connectivity index (χ3n) is 5.94. The standard InChI is InChI=1S/C27H22F7N5OS/c1-15-37-25(26(29,30)31)14-38(15)22-9-6-17(16-4-3-5-19(10-16)41-2)11-23(22)39(36)24(13-35)20-8-7-18(12-21(20)28)40-27(32,33)34/h3-14H,35-36H2,1-2H3/b24-13-. The van der Waals surface area contributed by atoms with Gasteiger partial charge < -0.3 is 15.0 Å². The van der Waals surface area contributed by atoms with Crippen LogP contribution in [-0.2, 0) is 6.18 Å². The number of ether oxygens (including phenoxy) is 1. The van der Waals surface area contributed by atoms with Gasteiger partial charge in [0.2, 0.25) is 0 Å². The minimum atomic E-state index is -5.04. The van der Waals surface area contributed by atoms with Crippen LogP contribution in [0.2, 0.25) is 0 Å². The predicted molar refractivity (Wildman–Crippen MR) is 142 cm³/mol. The van der Waals surface area contributed by atoms with Crippen molar-refractivity contribution in [3.8, 4) is 22.6 Å². The van der Waals surface area contributed by atoms with Gasteiger partial charge >= 0.3 is 12.5 Å². The Bertz CT molecular complexity index is 1600. The highest BCUT2D eigenvalue weighted by Gasteiger charge is 2.35. The largest absolute Gasteiger partial charge is 0.573 e. The molecule has 6 nitrogen and oxygen atoms in total. The fraction of sp³-hybridized carbons (Fsp3) is 0.148. The molecule has 0 aliphatic rings. The molecule has 0 saturated heterocycles. The van der Waals surface area contributed by atoms with Gasteiger partial charge in [-0.15, -0.1) is 24.9 Å². The average Bonchev–Trinajstić information content (AvgIpc) is 3.31. The normalized spacial score (nSPS) is 12.5. The van der Waals surface area contributed by atoms with Gasteiger partial charge in [-0.05, 0) is 60.7 Å². The molecule has 216 valence electrons. The first-order valence-electron chi connectivity index (χ1n) is 11.7. The quantitative estimate of drug-likeness (QED) is 0.101. The minimum absolute atomic E-state index is 0.0118. The molecular weight excluding hydrogens is 575 g/mol. The van der Waals surface area contributed by atoms with E-state index in [0.717, 1.165) is 40.0 Å². The van der Waals surface area contributed by atoms with E-state index >= 15 is 4.39 Å². The molecule has 0 radical (unpaired) electrons. The third-order valence-corrected chi connectivity index (χ3v) is 6.66. The smallest absolute Gasteiger partial charge is 0.406 e. The van der Waals surface area contributed by atoms with Crippen molar-refractivity contribution >= 4 is 23.1 Å². The highest BCUT2D eigenvalue weighted by Crippen LogP contribution is 2.37. The molecule has 0 spiro atoms. The topological polar surface area (TPSA) is 82.3 Å². The van der Waals surface area contributed by atoms with E-state index in [9.17, 15) is 26.3 Å². The van der Waals surface area contributed by atoms with Crippen LogP contribution < -0.4 is 21.3 Å². The molecule has 0 amide bonds. The molecule has 4 N–H and O–H groups in total. The molecule has 3 aromatic carbocycles. The predicted octanol–water partition coefficient (Wildman–Crippen LogP) is 7.26. The lowest BCUT2D eigenvalue weighted by atomic mass is 10.0. The molecule has 0 aliphatic carbocycles. The van der Waals surface area contributed by atoms with E-state index in [1.165, 1.54) is 29.3 Å². The van der Waals surface area contributed by atoms with E-state index in [2.05, 4.69) is 9.72 Å². The van der Waals surface area contributed by atoms with E-state index in [4.69, 9.17) is 11.6 Å². The first kappa shape index (κ1) is 29.8. The molecule has 0 unspecified atom stereocenters. The van der Waals surface area contributed by atoms with Crippen molar-refractivity contribution in [1.82, 2.24) is 9.55 Å². The summed E-state index contributed by atoms with van der Waals surface area (Å²) in [6.45, 7) is 1.37. The van der Waals surface area contributed by atoms with Gasteiger partial charge in [0.15, 0.2) is 5.69 Å². The number of hydrogen-bond donors (Lipinski definition) is 2. The van der Waals surface area contributed by atoms with Crippen molar-refractivity contribution in [2.24, 2.45) is 11.6 Å². The molecular formula is C27H22F7N5OS. The number of thioether (sulfide) groups is 1. The SMILES string of the molecule is CSc1cccc(-c2ccc(-n3cc(C(F)(F)F)nc3C)c(N(N)/C(=C\N)c3ccc(OC(F)(F)F)cc3F)c2)c1. The summed E-state index contributed by atoms with van der Waals surface area (Å²) in [7, 11) is 0. The monoisotopic (exact) mass is 597 g/mol. The average molecular weight is 598 g/mol. The highest BCUT2D eigenvalue weighted by atomic mass is 32.2. The maximum atomic E-state index is 15.0. The molecule has 14 heteroatoms. The van der Waals surface area contributed by atoms with Gasteiger partial charge in [0.25, 0.3) is 0 Å². The van der Waals surface area contributed by atoms with E-state index in [1.54, 1.807) is 12.1 Å². The van der Waals surface area contributed by atoms with Crippen LogP contribution in [0.25, 0.3) is 22.5 Å². The summed E-state index contributed by atoms with van der Waals surface area (Å²) in [6.07, 6.45) is -6.14. The summed E-state index contributed by atoms with van der Waals surface area (Å²) in [5, 5.41) is 0.937. The van der Waals surface area contributed by atoms with Gasteiger partial charge in [-0.2, -0.15) is 13.2 Å². The first-order chi connectivity index (χ1) is 19.2. The van der Waals surface area contributed by atoms with Gasteiger partial charge in [-0.25, -0.2) is 15.2 Å². The maximum Gasteiger partial charge on any atom is 0.573 e. The second-order valence-corrected chi connectivity index (χ2v) is 9.47. The zero-order valence-electron chi connectivity index (χ0n) is 21.4. The molecule has 1 heterocycles. The summed E-state index contributed by atoms with van der Waals surface area (Å²) in [5.74, 6) is 4.47. The summed E-state index contributed by atoms with van der Waals surface area (Å²) >= 11 is 1.50. The second kappa shape index (κ2) is 11.4. The molecule has 41 heavy (non-hydrogen) atoms. The highest BCUT2D eigenvalue weighted by molar-refractivity contribution is 7.98. The number of aromatic nitrogens is 2. The van der Waals surface area contributed by atoms with Crippen LogP contribution >= 0.6 is 11.8 Å². The molecule has 0 aliphatic heterocycles. The van der Waals surface area contributed by atoms with E-state index in [-0.39, 0.29) is 28.5 Å². The molecule has 0 fully saturated rings. The van der Waals surface area contributed by atoms with Crippen LogP contribution in [0.3, 0.4) is 0 Å². The number of nitrogens with zero attached hydrogens (tertiary/aromatic N) is 3. The maximum absolute atomic E-state index is 15.0. The van der Waals surface area contributed by atoms with Gasteiger partial charge in [0, 0.05) is 28.9 Å². The van der Waals surface area contributed by atoms with Gasteiger partial charge in [0.05, 0.1) is 17.1 Å². The molecule has 1 aromatic heterocycles. The fourth-order valence-electron chi connectivity index (χ4n) is 4.09. The summed E-state index contributed by atoms with van der Waals surface area (Å²) in [5.41, 5.74) is 5.79. The third kappa shape index (κ3) is 6.60. The Hall–Kier alpha value is -4.17. The van der Waals surface area contributed by atoms with E-state index in [0.29, 0.717) is 11.6 Å². The van der Waals surface area contributed by atoms with Crippen molar-refractivity contribution < 1.29 is 35.5 Å². The number of halogens is 7. The first-order valence-corrected chi connectivity index (χ1v) is 12.9.